The number of benzene rings is 1. The highest BCUT2D eigenvalue weighted by Crippen LogP contribution is 2.30. The molecule has 92 valence electrons. The van der Waals surface area contributed by atoms with Crippen LogP contribution in [-0.2, 0) is 0 Å². The van der Waals surface area contributed by atoms with Gasteiger partial charge in [-0.2, -0.15) is 0 Å². The lowest BCUT2D eigenvalue weighted by Crippen LogP contribution is -2.38. The van der Waals surface area contributed by atoms with Crippen molar-refractivity contribution in [2.75, 3.05) is 20.1 Å². The van der Waals surface area contributed by atoms with Crippen molar-refractivity contribution in [2.24, 2.45) is 0 Å². The minimum absolute atomic E-state index is 0.103. The number of hydrogen-bond donors (Lipinski definition) is 1. The molecule has 0 spiro atoms. The van der Waals surface area contributed by atoms with Crippen molar-refractivity contribution >= 4 is 5.97 Å². The molecule has 0 radical (unpaired) electrons. The molecule has 3 nitrogen and oxygen atoms in total. The molecule has 1 aromatic carbocycles. The molecule has 2 atom stereocenters. The maximum absolute atomic E-state index is 13.9. The van der Waals surface area contributed by atoms with Gasteiger partial charge in [0.05, 0.1) is 5.56 Å². The number of aromatic carboxylic acids is 1. The van der Waals surface area contributed by atoms with Crippen molar-refractivity contribution in [3.63, 3.8) is 0 Å². The fourth-order valence-corrected chi connectivity index (χ4v) is 2.30. The lowest BCUT2D eigenvalue weighted by molar-refractivity contribution is 0.0697. The van der Waals surface area contributed by atoms with Crippen LogP contribution in [0.2, 0.25) is 0 Å². The first-order chi connectivity index (χ1) is 8.08. The average molecular weight is 237 g/mol. The predicted molar refractivity (Wildman–Crippen MR) is 63.2 cm³/mol. The molecule has 0 aliphatic carbocycles. The van der Waals surface area contributed by atoms with E-state index in [9.17, 15) is 9.18 Å². The molecule has 0 bridgehead atoms. The molecule has 0 aromatic heterocycles. The fraction of sp³-hybridized carbons (Fsp3) is 0.462. The van der Waals surface area contributed by atoms with Gasteiger partial charge in [0.25, 0.3) is 0 Å². The molecular formula is C13H16FNO2. The number of carboxylic acids is 1. The summed E-state index contributed by atoms with van der Waals surface area (Å²) in [6.45, 7) is 1.33. The molecular weight excluding hydrogens is 221 g/mol. The van der Waals surface area contributed by atoms with Gasteiger partial charge in [0.2, 0.25) is 0 Å². The molecule has 1 aliphatic heterocycles. The summed E-state index contributed by atoms with van der Waals surface area (Å²) in [7, 11) is 1.91. The number of piperidine rings is 1. The van der Waals surface area contributed by atoms with Crippen LogP contribution < -0.4 is 0 Å². The molecule has 1 aliphatic rings. The monoisotopic (exact) mass is 237 g/mol. The van der Waals surface area contributed by atoms with E-state index >= 15 is 0 Å². The lowest BCUT2D eigenvalue weighted by Gasteiger charge is -2.32. The van der Waals surface area contributed by atoms with Crippen LogP contribution in [-0.4, -0.2) is 42.3 Å². The van der Waals surface area contributed by atoms with Crippen molar-refractivity contribution in [1.82, 2.24) is 4.90 Å². The summed E-state index contributed by atoms with van der Waals surface area (Å²) in [5, 5.41) is 8.79. The zero-order chi connectivity index (χ0) is 12.4. The Morgan fingerprint density at radius 3 is 2.59 bits per heavy atom. The molecule has 2 unspecified atom stereocenters. The number of nitrogens with zero attached hydrogens (tertiary/aromatic N) is 1. The Bertz CT molecular complexity index is 404. The summed E-state index contributed by atoms with van der Waals surface area (Å²) < 4.78 is 13.9. The number of rotatable bonds is 2. The van der Waals surface area contributed by atoms with E-state index in [1.54, 1.807) is 24.3 Å². The minimum Gasteiger partial charge on any atom is -0.478 e. The highest BCUT2D eigenvalue weighted by molar-refractivity contribution is 5.87. The second-order valence-corrected chi connectivity index (χ2v) is 4.60. The summed E-state index contributed by atoms with van der Waals surface area (Å²) in [5.41, 5.74) is 1.15. The van der Waals surface area contributed by atoms with Gasteiger partial charge >= 0.3 is 5.97 Å². The van der Waals surface area contributed by atoms with Crippen LogP contribution in [0, 0.1) is 0 Å². The van der Waals surface area contributed by atoms with Crippen LogP contribution in [0.5, 0.6) is 0 Å². The lowest BCUT2D eigenvalue weighted by atomic mass is 9.88. The van der Waals surface area contributed by atoms with E-state index in [-0.39, 0.29) is 11.5 Å². The van der Waals surface area contributed by atoms with Crippen molar-refractivity contribution in [2.45, 2.75) is 18.5 Å². The van der Waals surface area contributed by atoms with Gasteiger partial charge in [0.15, 0.2) is 0 Å². The third kappa shape index (κ3) is 2.64. The molecule has 17 heavy (non-hydrogen) atoms. The van der Waals surface area contributed by atoms with E-state index in [0.717, 1.165) is 18.5 Å². The Morgan fingerprint density at radius 1 is 1.41 bits per heavy atom. The summed E-state index contributed by atoms with van der Waals surface area (Å²) in [6.07, 6.45) is -0.0891. The van der Waals surface area contributed by atoms with Crippen molar-refractivity contribution in [1.29, 1.82) is 0 Å². The number of likely N-dealkylation sites (tertiary alicyclic amines) is 1. The summed E-state index contributed by atoms with van der Waals surface area (Å²) in [5.74, 6) is -1.05. The Morgan fingerprint density at radius 2 is 2.06 bits per heavy atom. The van der Waals surface area contributed by atoms with Gasteiger partial charge in [-0.25, -0.2) is 9.18 Å². The molecule has 1 heterocycles. The van der Waals surface area contributed by atoms with Crippen LogP contribution >= 0.6 is 0 Å². The van der Waals surface area contributed by atoms with Crippen LogP contribution in [0.1, 0.15) is 28.3 Å². The SMILES string of the molecule is CN1CCC(c2ccc(C(=O)O)cc2)C(F)C1. The molecule has 0 amide bonds. The van der Waals surface area contributed by atoms with E-state index in [0.29, 0.717) is 6.54 Å². The summed E-state index contributed by atoms with van der Waals surface area (Å²) >= 11 is 0. The third-order valence-electron chi connectivity index (χ3n) is 3.33. The maximum Gasteiger partial charge on any atom is 0.335 e. The molecule has 2 rings (SSSR count). The van der Waals surface area contributed by atoms with Gasteiger partial charge in [-0.1, -0.05) is 12.1 Å². The highest BCUT2D eigenvalue weighted by Gasteiger charge is 2.28. The smallest absolute Gasteiger partial charge is 0.335 e. The van der Waals surface area contributed by atoms with Crippen LogP contribution in [0.3, 0.4) is 0 Å². The number of halogens is 1. The topological polar surface area (TPSA) is 40.5 Å². The second-order valence-electron chi connectivity index (χ2n) is 4.60. The first-order valence-electron chi connectivity index (χ1n) is 5.74. The van der Waals surface area contributed by atoms with Gasteiger partial charge < -0.3 is 10.0 Å². The number of carboxylic acid groups (broad SMARTS) is 1. The largest absolute Gasteiger partial charge is 0.478 e. The van der Waals surface area contributed by atoms with Crippen molar-refractivity contribution < 1.29 is 14.3 Å². The first-order valence-corrected chi connectivity index (χ1v) is 5.74. The van der Waals surface area contributed by atoms with Crippen LogP contribution in [0.4, 0.5) is 4.39 Å². The molecule has 1 fully saturated rings. The second kappa shape index (κ2) is 4.84. The number of hydrogen-bond acceptors (Lipinski definition) is 2. The highest BCUT2D eigenvalue weighted by atomic mass is 19.1. The molecule has 4 heteroatoms. The normalized spacial score (nSPS) is 25.8. The zero-order valence-corrected chi connectivity index (χ0v) is 9.77. The molecule has 0 saturated carbocycles. The Kier molecular flexibility index (Phi) is 3.43. The fourth-order valence-electron chi connectivity index (χ4n) is 2.30. The predicted octanol–water partition coefficient (Wildman–Crippen LogP) is 2.14. The Hall–Kier alpha value is -1.42. The zero-order valence-electron chi connectivity index (χ0n) is 9.77. The van der Waals surface area contributed by atoms with E-state index in [1.165, 1.54) is 0 Å². The van der Waals surface area contributed by atoms with Gasteiger partial charge in [0.1, 0.15) is 6.17 Å². The van der Waals surface area contributed by atoms with Gasteiger partial charge in [0, 0.05) is 12.5 Å². The standard InChI is InChI=1S/C13H16FNO2/c1-15-7-6-11(12(14)8-15)9-2-4-10(5-3-9)13(16)17/h2-5,11-12H,6-8H2,1H3,(H,16,17). The quantitative estimate of drug-likeness (QED) is 0.856. The molecule has 1 aromatic rings. The van der Waals surface area contributed by atoms with E-state index in [4.69, 9.17) is 5.11 Å². The summed E-state index contributed by atoms with van der Waals surface area (Å²) in [6, 6.07) is 6.55. The summed E-state index contributed by atoms with van der Waals surface area (Å²) in [4.78, 5) is 12.7. The molecule has 1 saturated heterocycles. The van der Waals surface area contributed by atoms with Crippen LogP contribution in [0.25, 0.3) is 0 Å². The molecule has 1 N–H and O–H groups in total. The van der Waals surface area contributed by atoms with Gasteiger partial charge in [-0.15, -0.1) is 0 Å². The Balaban J connectivity index is 2.14. The first kappa shape index (κ1) is 12.0. The average Bonchev–Trinajstić information content (AvgIpc) is 2.29. The van der Waals surface area contributed by atoms with E-state index < -0.39 is 12.1 Å². The van der Waals surface area contributed by atoms with Crippen molar-refractivity contribution in [3.8, 4) is 0 Å². The van der Waals surface area contributed by atoms with E-state index in [2.05, 4.69) is 0 Å². The maximum atomic E-state index is 13.9. The van der Waals surface area contributed by atoms with E-state index in [1.807, 2.05) is 11.9 Å². The third-order valence-corrected chi connectivity index (χ3v) is 3.33. The number of alkyl halides is 1. The minimum atomic E-state index is -0.947. The van der Waals surface area contributed by atoms with Gasteiger partial charge in [-0.05, 0) is 37.7 Å². The number of carbonyl (C=O) groups is 1. The van der Waals surface area contributed by atoms with Gasteiger partial charge in [-0.3, -0.25) is 0 Å². The Labute approximate surface area is 99.9 Å². The van der Waals surface area contributed by atoms with Crippen molar-refractivity contribution in [3.05, 3.63) is 35.4 Å². The van der Waals surface area contributed by atoms with Crippen LogP contribution in [0.15, 0.2) is 24.3 Å².